The second kappa shape index (κ2) is 10.7. The SMILES string of the molecule is CCNC(=NCCc1ccn(-c2ccc(F)cc2)n1)NC1CCc2nc(C)nn2C1.I. The molecule has 0 saturated carbocycles. The number of aryl methyl sites for hydroxylation is 2. The van der Waals surface area contributed by atoms with Crippen molar-refractivity contribution in [1.82, 2.24) is 35.2 Å². The maximum absolute atomic E-state index is 13.1. The van der Waals surface area contributed by atoms with Gasteiger partial charge in [0.1, 0.15) is 17.5 Å². The summed E-state index contributed by atoms with van der Waals surface area (Å²) in [6.07, 6.45) is 4.53. The van der Waals surface area contributed by atoms with Crippen LogP contribution in [0.1, 0.15) is 30.7 Å². The maximum atomic E-state index is 13.1. The first-order chi connectivity index (χ1) is 14.6. The molecule has 1 aromatic carbocycles. The average molecular weight is 538 g/mol. The Balaban J connectivity index is 0.00000272. The van der Waals surface area contributed by atoms with E-state index < -0.39 is 0 Å². The molecule has 1 aliphatic heterocycles. The number of hydrogen-bond donors (Lipinski definition) is 2. The highest BCUT2D eigenvalue weighted by atomic mass is 127. The lowest BCUT2D eigenvalue weighted by Gasteiger charge is -2.25. The molecular formula is C21H28FIN8. The van der Waals surface area contributed by atoms with Crippen molar-refractivity contribution >= 4 is 29.9 Å². The van der Waals surface area contributed by atoms with Crippen LogP contribution < -0.4 is 10.6 Å². The van der Waals surface area contributed by atoms with Crippen molar-refractivity contribution in [3.8, 4) is 5.69 Å². The van der Waals surface area contributed by atoms with Crippen molar-refractivity contribution < 1.29 is 4.39 Å². The number of nitrogens with zero attached hydrogens (tertiary/aromatic N) is 6. The zero-order valence-corrected chi connectivity index (χ0v) is 20.1. The first-order valence-electron chi connectivity index (χ1n) is 10.4. The summed E-state index contributed by atoms with van der Waals surface area (Å²) >= 11 is 0. The molecule has 0 saturated heterocycles. The Morgan fingerprint density at radius 1 is 1.23 bits per heavy atom. The number of fused-ring (bicyclic) bond motifs is 1. The van der Waals surface area contributed by atoms with Gasteiger partial charge in [-0.2, -0.15) is 10.2 Å². The Morgan fingerprint density at radius 2 is 2.03 bits per heavy atom. The highest BCUT2D eigenvalue weighted by molar-refractivity contribution is 14.0. The van der Waals surface area contributed by atoms with Gasteiger partial charge in [-0.25, -0.2) is 18.7 Å². The molecule has 1 aliphatic rings. The summed E-state index contributed by atoms with van der Waals surface area (Å²) in [6.45, 7) is 6.20. The lowest BCUT2D eigenvalue weighted by molar-refractivity contribution is 0.392. The Kier molecular flexibility index (Phi) is 7.99. The molecule has 3 heterocycles. The zero-order valence-electron chi connectivity index (χ0n) is 17.8. The van der Waals surface area contributed by atoms with Crippen LogP contribution in [0.2, 0.25) is 0 Å². The van der Waals surface area contributed by atoms with Gasteiger partial charge in [0.05, 0.1) is 17.9 Å². The minimum absolute atomic E-state index is 0. The van der Waals surface area contributed by atoms with Gasteiger partial charge in [-0.15, -0.1) is 24.0 Å². The fraction of sp³-hybridized carbons (Fsp3) is 0.429. The molecule has 0 aliphatic carbocycles. The summed E-state index contributed by atoms with van der Waals surface area (Å²) in [4.78, 5) is 9.17. The van der Waals surface area contributed by atoms with E-state index in [-0.39, 0.29) is 35.8 Å². The molecule has 2 aromatic heterocycles. The van der Waals surface area contributed by atoms with Gasteiger partial charge in [0.15, 0.2) is 5.96 Å². The molecule has 0 fully saturated rings. The van der Waals surface area contributed by atoms with Crippen molar-refractivity contribution in [2.24, 2.45) is 4.99 Å². The third-order valence-corrected chi connectivity index (χ3v) is 5.02. The third-order valence-electron chi connectivity index (χ3n) is 5.02. The van der Waals surface area contributed by atoms with Crippen LogP contribution in [0.15, 0.2) is 41.5 Å². The van der Waals surface area contributed by atoms with Gasteiger partial charge in [0.2, 0.25) is 0 Å². The molecule has 166 valence electrons. The van der Waals surface area contributed by atoms with E-state index in [0.717, 1.165) is 61.3 Å². The number of nitrogens with one attached hydrogen (secondary N) is 2. The van der Waals surface area contributed by atoms with E-state index in [9.17, 15) is 4.39 Å². The van der Waals surface area contributed by atoms with Crippen molar-refractivity contribution in [3.05, 3.63) is 59.7 Å². The Hall–Kier alpha value is -2.50. The van der Waals surface area contributed by atoms with E-state index in [4.69, 9.17) is 4.99 Å². The van der Waals surface area contributed by atoms with Crippen LogP contribution in [0.3, 0.4) is 0 Å². The van der Waals surface area contributed by atoms with Crippen LogP contribution in [0.5, 0.6) is 0 Å². The number of aromatic nitrogens is 5. The van der Waals surface area contributed by atoms with Gasteiger partial charge in [0.25, 0.3) is 0 Å². The third kappa shape index (κ3) is 6.02. The van der Waals surface area contributed by atoms with Crippen LogP contribution in [0.4, 0.5) is 4.39 Å². The van der Waals surface area contributed by atoms with Gasteiger partial charge in [-0.1, -0.05) is 0 Å². The topological polar surface area (TPSA) is 84.9 Å². The van der Waals surface area contributed by atoms with E-state index in [2.05, 4.69) is 32.7 Å². The molecular weight excluding hydrogens is 510 g/mol. The van der Waals surface area contributed by atoms with Crippen LogP contribution >= 0.6 is 24.0 Å². The quantitative estimate of drug-likeness (QED) is 0.287. The molecule has 0 bridgehead atoms. The Labute approximate surface area is 198 Å². The summed E-state index contributed by atoms with van der Waals surface area (Å²) in [5.41, 5.74) is 1.78. The number of guanidine groups is 1. The molecule has 3 aromatic rings. The van der Waals surface area contributed by atoms with E-state index in [1.807, 2.05) is 23.9 Å². The molecule has 0 radical (unpaired) electrons. The molecule has 31 heavy (non-hydrogen) atoms. The minimum atomic E-state index is -0.253. The standard InChI is InChI=1S/C21H27FN8.HI/c1-3-23-21(26-18-6-9-20-25-15(2)27-30(20)14-18)24-12-10-17-11-13-29(28-17)19-7-4-16(22)5-8-19;/h4-5,7-8,11,13,18H,3,6,9-10,12,14H2,1-2H3,(H2,23,24,26);1H. The van der Waals surface area contributed by atoms with Gasteiger partial charge in [-0.3, -0.25) is 4.99 Å². The van der Waals surface area contributed by atoms with E-state index >= 15 is 0 Å². The summed E-state index contributed by atoms with van der Waals surface area (Å²) in [7, 11) is 0. The highest BCUT2D eigenvalue weighted by Gasteiger charge is 2.21. The summed E-state index contributed by atoms with van der Waals surface area (Å²) in [5.74, 6) is 2.44. The number of benzene rings is 1. The van der Waals surface area contributed by atoms with Crippen molar-refractivity contribution in [3.63, 3.8) is 0 Å². The fourth-order valence-corrected chi connectivity index (χ4v) is 3.58. The maximum Gasteiger partial charge on any atom is 0.191 e. The number of halogens is 2. The van der Waals surface area contributed by atoms with Gasteiger partial charge in [0, 0.05) is 38.2 Å². The smallest absolute Gasteiger partial charge is 0.191 e. The molecule has 2 N–H and O–H groups in total. The van der Waals surface area contributed by atoms with Crippen molar-refractivity contribution in [2.45, 2.75) is 45.7 Å². The largest absolute Gasteiger partial charge is 0.357 e. The molecule has 1 atom stereocenters. The van der Waals surface area contributed by atoms with E-state index in [1.54, 1.807) is 16.8 Å². The normalized spacial score (nSPS) is 15.8. The Morgan fingerprint density at radius 3 is 2.81 bits per heavy atom. The number of aliphatic imine (C=N–C) groups is 1. The van der Waals surface area contributed by atoms with Crippen molar-refractivity contribution in [2.75, 3.05) is 13.1 Å². The molecule has 4 rings (SSSR count). The highest BCUT2D eigenvalue weighted by Crippen LogP contribution is 2.13. The molecule has 0 amide bonds. The van der Waals surface area contributed by atoms with Crippen LogP contribution in [-0.2, 0) is 19.4 Å². The first kappa shape index (κ1) is 23.2. The first-order valence-corrected chi connectivity index (χ1v) is 10.4. The van der Waals surface area contributed by atoms with E-state index in [1.165, 1.54) is 12.1 Å². The monoisotopic (exact) mass is 538 g/mol. The van der Waals surface area contributed by atoms with Gasteiger partial charge < -0.3 is 10.6 Å². The van der Waals surface area contributed by atoms with Gasteiger partial charge in [-0.05, 0) is 50.6 Å². The summed E-state index contributed by atoms with van der Waals surface area (Å²) in [6, 6.07) is 8.53. The minimum Gasteiger partial charge on any atom is -0.357 e. The lowest BCUT2D eigenvalue weighted by Crippen LogP contribution is -2.47. The van der Waals surface area contributed by atoms with Crippen molar-refractivity contribution in [1.29, 1.82) is 0 Å². The average Bonchev–Trinajstić information content (AvgIpc) is 3.34. The number of rotatable bonds is 6. The second-order valence-electron chi connectivity index (χ2n) is 7.38. The molecule has 8 nitrogen and oxygen atoms in total. The number of hydrogen-bond acceptors (Lipinski definition) is 4. The lowest BCUT2D eigenvalue weighted by atomic mass is 10.1. The predicted octanol–water partition coefficient (Wildman–Crippen LogP) is 2.64. The van der Waals surface area contributed by atoms with Crippen LogP contribution in [0, 0.1) is 12.7 Å². The summed E-state index contributed by atoms with van der Waals surface area (Å²) in [5, 5.41) is 15.9. The van der Waals surface area contributed by atoms with E-state index in [0.29, 0.717) is 6.54 Å². The fourth-order valence-electron chi connectivity index (χ4n) is 3.58. The van der Waals surface area contributed by atoms with Gasteiger partial charge >= 0.3 is 0 Å². The molecule has 10 heteroatoms. The molecule has 1 unspecified atom stereocenters. The summed E-state index contributed by atoms with van der Waals surface area (Å²) < 4.78 is 16.8. The molecule has 0 spiro atoms. The second-order valence-corrected chi connectivity index (χ2v) is 7.38. The van der Waals surface area contributed by atoms with Crippen LogP contribution in [0.25, 0.3) is 5.69 Å². The Bertz CT molecular complexity index is 1010. The predicted molar refractivity (Wildman–Crippen MR) is 129 cm³/mol. The zero-order chi connectivity index (χ0) is 20.9. The van der Waals surface area contributed by atoms with Crippen LogP contribution in [-0.4, -0.2) is 49.6 Å².